The van der Waals surface area contributed by atoms with Crippen LogP contribution in [0.3, 0.4) is 0 Å². The number of ether oxygens (including phenoxy) is 1. The van der Waals surface area contributed by atoms with Crippen LogP contribution in [0.15, 0.2) is 101 Å². The number of rotatable bonds is 6. The van der Waals surface area contributed by atoms with E-state index in [0.717, 1.165) is 46.2 Å². The highest BCUT2D eigenvalue weighted by Gasteiger charge is 2.29. The first kappa shape index (κ1) is 28.6. The normalized spacial score (nSPS) is 15.9. The number of fused-ring (bicyclic) bond motifs is 1. The zero-order valence-corrected chi connectivity index (χ0v) is 25.6. The summed E-state index contributed by atoms with van der Waals surface area (Å²) in [6.45, 7) is 7.45. The first-order chi connectivity index (χ1) is 20.9. The van der Waals surface area contributed by atoms with Crippen LogP contribution in [-0.2, 0) is 11.3 Å². The molecule has 2 aliphatic heterocycles. The highest BCUT2D eigenvalue weighted by atomic mass is 32.2. The molecule has 0 aliphatic carbocycles. The summed E-state index contributed by atoms with van der Waals surface area (Å²) in [6, 6.07) is 30.0. The van der Waals surface area contributed by atoms with Crippen LogP contribution in [0.5, 0.6) is 5.75 Å². The molecule has 0 spiro atoms. The Morgan fingerprint density at radius 1 is 0.860 bits per heavy atom. The van der Waals surface area contributed by atoms with Crippen LogP contribution in [0.25, 0.3) is 6.08 Å². The summed E-state index contributed by atoms with van der Waals surface area (Å²) < 4.78 is 5.52. The van der Waals surface area contributed by atoms with Gasteiger partial charge in [0.2, 0.25) is 0 Å². The number of amides is 2. The number of nitrogens with zero attached hydrogens (tertiary/aromatic N) is 3. The Morgan fingerprint density at radius 2 is 1.56 bits per heavy atom. The van der Waals surface area contributed by atoms with Gasteiger partial charge in [0, 0.05) is 36.6 Å². The smallest absolute Gasteiger partial charge is 0.265 e. The van der Waals surface area contributed by atoms with Crippen LogP contribution in [0.1, 0.15) is 32.6 Å². The predicted molar refractivity (Wildman–Crippen MR) is 175 cm³/mol. The molecule has 4 aromatic rings. The van der Waals surface area contributed by atoms with Crippen LogP contribution >= 0.6 is 11.8 Å². The number of hydrogen-bond acceptors (Lipinski definition) is 5. The van der Waals surface area contributed by atoms with Crippen molar-refractivity contribution in [3.05, 3.63) is 124 Å². The maximum Gasteiger partial charge on any atom is 0.265 e. The lowest BCUT2D eigenvalue weighted by atomic mass is 10.0. The lowest BCUT2D eigenvalue weighted by Gasteiger charge is -2.36. The minimum absolute atomic E-state index is 0.0160. The molecular formula is C36H35N3O3S. The molecular weight excluding hydrogens is 554 g/mol. The fourth-order valence-electron chi connectivity index (χ4n) is 5.66. The molecule has 6 rings (SSSR count). The highest BCUT2D eigenvalue weighted by Crippen LogP contribution is 2.43. The van der Waals surface area contributed by atoms with Gasteiger partial charge in [-0.15, -0.1) is 0 Å². The van der Waals surface area contributed by atoms with Gasteiger partial charge in [-0.2, -0.15) is 0 Å². The van der Waals surface area contributed by atoms with Crippen molar-refractivity contribution in [3.63, 3.8) is 0 Å². The number of benzene rings is 4. The fraction of sp³-hybridized carbons (Fsp3) is 0.222. The van der Waals surface area contributed by atoms with Crippen molar-refractivity contribution in [2.75, 3.05) is 43.1 Å². The van der Waals surface area contributed by atoms with Crippen molar-refractivity contribution in [1.29, 1.82) is 0 Å². The summed E-state index contributed by atoms with van der Waals surface area (Å²) in [5.41, 5.74) is 7.01. The molecule has 0 radical (unpaired) electrons. The number of para-hydroxylation sites is 3. The Bertz CT molecular complexity index is 1690. The molecule has 7 heteroatoms. The molecule has 1 fully saturated rings. The zero-order chi connectivity index (χ0) is 29.9. The maximum atomic E-state index is 13.8. The first-order valence-corrected chi connectivity index (χ1v) is 15.4. The van der Waals surface area contributed by atoms with E-state index in [2.05, 4.69) is 49.1 Å². The average molecular weight is 590 g/mol. The van der Waals surface area contributed by atoms with Gasteiger partial charge in [-0.3, -0.25) is 9.59 Å². The summed E-state index contributed by atoms with van der Waals surface area (Å²) in [5, 5.41) is 0. The molecule has 0 N–H and O–H groups in total. The SMILES string of the molecule is COc1ccccc1N1CCN(C(=O)c2ccc(/C=C3\Sc4ccccc4N(Cc4cc(C)ccc4C)C3=O)cc2)CC1. The minimum atomic E-state index is -0.0160. The molecule has 2 heterocycles. The van der Waals surface area contributed by atoms with Crippen molar-refractivity contribution in [2.24, 2.45) is 0 Å². The average Bonchev–Trinajstić information content (AvgIpc) is 3.04. The van der Waals surface area contributed by atoms with Gasteiger partial charge < -0.3 is 19.4 Å². The van der Waals surface area contributed by atoms with Gasteiger partial charge in [-0.25, -0.2) is 0 Å². The summed E-state index contributed by atoms with van der Waals surface area (Å²) in [6.07, 6.45) is 1.93. The van der Waals surface area contributed by atoms with E-state index in [-0.39, 0.29) is 11.8 Å². The zero-order valence-electron chi connectivity index (χ0n) is 24.7. The van der Waals surface area contributed by atoms with E-state index in [1.165, 1.54) is 22.9 Å². The van der Waals surface area contributed by atoms with Crippen molar-refractivity contribution in [3.8, 4) is 5.75 Å². The lowest BCUT2D eigenvalue weighted by molar-refractivity contribution is -0.114. The molecule has 0 aromatic heterocycles. The third-order valence-corrected chi connectivity index (χ3v) is 9.19. The van der Waals surface area contributed by atoms with Crippen molar-refractivity contribution >= 4 is 41.0 Å². The lowest BCUT2D eigenvalue weighted by Crippen LogP contribution is -2.48. The van der Waals surface area contributed by atoms with Crippen LogP contribution < -0.4 is 14.5 Å². The first-order valence-electron chi connectivity index (χ1n) is 14.5. The number of hydrogen-bond donors (Lipinski definition) is 0. The number of methoxy groups -OCH3 is 1. The van der Waals surface area contributed by atoms with Crippen LogP contribution in [0, 0.1) is 13.8 Å². The van der Waals surface area contributed by atoms with E-state index in [0.29, 0.717) is 30.1 Å². The summed E-state index contributed by atoms with van der Waals surface area (Å²) in [7, 11) is 1.68. The summed E-state index contributed by atoms with van der Waals surface area (Å²) in [5.74, 6) is 0.854. The molecule has 2 aliphatic rings. The predicted octanol–water partition coefficient (Wildman–Crippen LogP) is 6.95. The Balaban J connectivity index is 1.16. The third-order valence-electron chi connectivity index (χ3n) is 8.11. The second kappa shape index (κ2) is 12.4. The van der Waals surface area contributed by atoms with Gasteiger partial charge >= 0.3 is 0 Å². The molecule has 1 saturated heterocycles. The van der Waals surface area contributed by atoms with Crippen LogP contribution in [0.2, 0.25) is 0 Å². The quantitative estimate of drug-likeness (QED) is 0.228. The Kier molecular flexibility index (Phi) is 8.25. The van der Waals surface area contributed by atoms with Gasteiger partial charge in [0.1, 0.15) is 5.75 Å². The van der Waals surface area contributed by atoms with Crippen molar-refractivity contribution in [1.82, 2.24) is 4.90 Å². The number of anilines is 2. The van der Waals surface area contributed by atoms with Gasteiger partial charge in [0.15, 0.2) is 0 Å². The summed E-state index contributed by atoms with van der Waals surface area (Å²) >= 11 is 1.50. The second-order valence-corrected chi connectivity index (χ2v) is 12.1. The largest absolute Gasteiger partial charge is 0.495 e. The second-order valence-electron chi connectivity index (χ2n) is 11.0. The molecule has 4 aromatic carbocycles. The summed E-state index contributed by atoms with van der Waals surface area (Å²) in [4.78, 5) is 34.9. The van der Waals surface area contributed by atoms with Gasteiger partial charge in [-0.05, 0) is 73.0 Å². The number of piperazine rings is 1. The molecule has 43 heavy (non-hydrogen) atoms. The molecule has 0 bridgehead atoms. The van der Waals surface area contributed by atoms with E-state index in [4.69, 9.17) is 4.74 Å². The van der Waals surface area contributed by atoms with E-state index < -0.39 is 0 Å². The van der Waals surface area contributed by atoms with E-state index >= 15 is 0 Å². The molecule has 218 valence electrons. The number of thioether (sulfide) groups is 1. The number of carbonyl (C=O) groups excluding carboxylic acids is 2. The molecule has 0 unspecified atom stereocenters. The van der Waals surface area contributed by atoms with Gasteiger partial charge in [-0.1, -0.05) is 71.9 Å². The van der Waals surface area contributed by atoms with E-state index in [1.807, 2.05) is 76.5 Å². The fourth-order valence-corrected chi connectivity index (χ4v) is 6.72. The third kappa shape index (κ3) is 6.04. The van der Waals surface area contributed by atoms with Crippen molar-refractivity contribution < 1.29 is 14.3 Å². The maximum absolute atomic E-state index is 13.8. The standard InChI is InChI=1S/C36H35N3O3S/c1-25-12-13-26(2)29(22-25)24-39-31-9-5-7-11-33(31)43-34(36(39)41)23-27-14-16-28(17-15-27)35(40)38-20-18-37(19-21-38)30-8-4-6-10-32(30)42-3/h4-17,22-23H,18-21,24H2,1-3H3/b34-23-. The van der Waals surface area contributed by atoms with Crippen LogP contribution in [-0.4, -0.2) is 50.0 Å². The van der Waals surface area contributed by atoms with Crippen LogP contribution in [0.4, 0.5) is 11.4 Å². The monoisotopic (exact) mass is 589 g/mol. The minimum Gasteiger partial charge on any atom is -0.495 e. The number of carbonyl (C=O) groups is 2. The molecule has 2 amide bonds. The number of aryl methyl sites for hydroxylation is 2. The van der Waals surface area contributed by atoms with Gasteiger partial charge in [0.05, 0.1) is 29.9 Å². The van der Waals surface area contributed by atoms with E-state index in [1.54, 1.807) is 7.11 Å². The van der Waals surface area contributed by atoms with Gasteiger partial charge in [0.25, 0.3) is 11.8 Å². The van der Waals surface area contributed by atoms with E-state index in [9.17, 15) is 9.59 Å². The molecule has 0 atom stereocenters. The molecule has 0 saturated carbocycles. The Hall–Kier alpha value is -4.49. The van der Waals surface area contributed by atoms with Crippen molar-refractivity contribution in [2.45, 2.75) is 25.3 Å². The highest BCUT2D eigenvalue weighted by molar-refractivity contribution is 8.04. The Labute approximate surface area is 257 Å². The Morgan fingerprint density at radius 3 is 2.30 bits per heavy atom. The molecule has 6 nitrogen and oxygen atoms in total. The topological polar surface area (TPSA) is 53.1 Å².